The molecule has 0 aliphatic rings. The molecule has 0 radical (unpaired) electrons. The molecule has 3 nitrogen and oxygen atoms in total. The molecule has 0 aliphatic carbocycles. The van der Waals surface area contributed by atoms with Gasteiger partial charge in [0.25, 0.3) is 0 Å². The minimum Gasteiger partial charge on any atom is -0.309 e. The molecule has 0 spiro atoms. The van der Waals surface area contributed by atoms with Crippen LogP contribution in [0.3, 0.4) is 0 Å². The minimum absolute atomic E-state index is 0.727. The van der Waals surface area contributed by atoms with Crippen molar-refractivity contribution in [1.82, 2.24) is 14.5 Å². The number of benzene rings is 8. The van der Waals surface area contributed by atoms with Gasteiger partial charge in [0, 0.05) is 43.1 Å². The molecule has 4 heteroatoms. The van der Waals surface area contributed by atoms with E-state index >= 15 is 0 Å². The first-order valence-corrected chi connectivity index (χ1v) is 17.7. The Hall–Kier alpha value is -6.36. The van der Waals surface area contributed by atoms with E-state index in [4.69, 9.17) is 9.97 Å². The van der Waals surface area contributed by atoms with Crippen LogP contribution in [0.2, 0.25) is 0 Å². The van der Waals surface area contributed by atoms with Gasteiger partial charge in [-0.1, -0.05) is 133 Å². The van der Waals surface area contributed by atoms with Crippen LogP contribution in [0.5, 0.6) is 0 Å². The van der Waals surface area contributed by atoms with E-state index in [9.17, 15) is 0 Å². The van der Waals surface area contributed by atoms with Crippen molar-refractivity contribution in [2.24, 2.45) is 0 Å². The van der Waals surface area contributed by atoms with Crippen LogP contribution in [-0.2, 0) is 0 Å². The van der Waals surface area contributed by atoms with Gasteiger partial charge in [0.2, 0.25) is 0 Å². The first-order chi connectivity index (χ1) is 24.8. The van der Waals surface area contributed by atoms with Crippen molar-refractivity contribution in [1.29, 1.82) is 0 Å². The van der Waals surface area contributed by atoms with Crippen LogP contribution in [0, 0.1) is 0 Å². The van der Waals surface area contributed by atoms with Gasteiger partial charge in [-0.05, 0) is 57.3 Å². The summed E-state index contributed by atoms with van der Waals surface area (Å²) < 4.78 is 4.75. The summed E-state index contributed by atoms with van der Waals surface area (Å²) in [6, 6.07) is 58.8. The lowest BCUT2D eigenvalue weighted by molar-refractivity contribution is 1.17. The maximum atomic E-state index is 5.28. The number of nitrogens with zero attached hydrogens (tertiary/aromatic N) is 3. The lowest BCUT2D eigenvalue weighted by atomic mass is 9.92. The molecule has 3 aromatic heterocycles. The second-order valence-corrected chi connectivity index (χ2v) is 14.0. The average molecular weight is 654 g/mol. The summed E-state index contributed by atoms with van der Waals surface area (Å²) in [5, 5.41) is 11.4. The van der Waals surface area contributed by atoms with Crippen molar-refractivity contribution < 1.29 is 0 Å². The number of rotatable bonds is 3. The number of hydrogen-bond acceptors (Lipinski definition) is 3. The Bertz CT molecular complexity index is 3120. The van der Waals surface area contributed by atoms with Gasteiger partial charge in [-0.3, -0.25) is 0 Å². The largest absolute Gasteiger partial charge is 0.309 e. The van der Waals surface area contributed by atoms with E-state index in [1.807, 2.05) is 0 Å². The molecule has 232 valence electrons. The van der Waals surface area contributed by atoms with Crippen LogP contribution in [0.1, 0.15) is 0 Å². The van der Waals surface area contributed by atoms with Gasteiger partial charge in [-0.15, -0.1) is 11.3 Å². The minimum atomic E-state index is 0.727. The number of fused-ring (bicyclic) bond motifs is 13. The van der Waals surface area contributed by atoms with Crippen LogP contribution >= 0.6 is 11.3 Å². The standard InChI is InChI=1S/C46H27N3S/c1-2-13-28(14-3-1)43-45-44(37-22-9-11-24-40(37)50-45)48-46(47-43)29-15-12-16-30(27-29)49-38-23-10-8-21-36(38)42-39(49)26-25-35-33-19-5-4-17-31(33)32-18-6-7-20-34(32)41(35)42/h1-27H. The molecule has 0 unspecified atom stereocenters. The lowest BCUT2D eigenvalue weighted by Gasteiger charge is -2.13. The highest BCUT2D eigenvalue weighted by Crippen LogP contribution is 2.44. The zero-order valence-electron chi connectivity index (χ0n) is 26.8. The third-order valence-corrected chi connectivity index (χ3v) is 11.3. The first-order valence-electron chi connectivity index (χ1n) is 16.9. The van der Waals surface area contributed by atoms with E-state index in [0.717, 1.165) is 38.5 Å². The molecule has 11 rings (SSSR count). The molecule has 0 N–H and O–H groups in total. The van der Waals surface area contributed by atoms with E-state index in [1.165, 1.54) is 64.2 Å². The van der Waals surface area contributed by atoms with Crippen LogP contribution in [0.4, 0.5) is 0 Å². The van der Waals surface area contributed by atoms with E-state index in [2.05, 4.69) is 168 Å². The zero-order chi connectivity index (χ0) is 32.8. The topological polar surface area (TPSA) is 30.7 Å². The van der Waals surface area contributed by atoms with Crippen LogP contribution in [-0.4, -0.2) is 14.5 Å². The summed E-state index contributed by atoms with van der Waals surface area (Å²) in [5.74, 6) is 0.727. The molecular formula is C46H27N3S. The van der Waals surface area contributed by atoms with E-state index in [1.54, 1.807) is 11.3 Å². The highest BCUT2D eigenvalue weighted by Gasteiger charge is 2.20. The fourth-order valence-electron chi connectivity index (χ4n) is 8.03. The normalized spacial score (nSPS) is 12.0. The third kappa shape index (κ3) is 3.91. The van der Waals surface area contributed by atoms with Gasteiger partial charge in [0.1, 0.15) is 0 Å². The number of aromatic nitrogens is 3. The fraction of sp³-hybridized carbons (Fsp3) is 0. The predicted molar refractivity (Wildman–Crippen MR) is 213 cm³/mol. The van der Waals surface area contributed by atoms with E-state index in [-0.39, 0.29) is 0 Å². The summed E-state index contributed by atoms with van der Waals surface area (Å²) >= 11 is 1.76. The molecule has 0 fully saturated rings. The molecule has 3 heterocycles. The average Bonchev–Trinajstić information content (AvgIpc) is 3.74. The number of thiophene rings is 1. The fourth-order valence-corrected chi connectivity index (χ4v) is 9.18. The van der Waals surface area contributed by atoms with Gasteiger partial charge in [0.15, 0.2) is 5.82 Å². The number of para-hydroxylation sites is 1. The molecule has 0 saturated carbocycles. The highest BCUT2D eigenvalue weighted by molar-refractivity contribution is 7.26. The molecule has 11 aromatic rings. The number of hydrogen-bond donors (Lipinski definition) is 0. The summed E-state index contributed by atoms with van der Waals surface area (Å²) in [5.41, 5.74) is 7.49. The smallest absolute Gasteiger partial charge is 0.160 e. The van der Waals surface area contributed by atoms with Crippen LogP contribution < -0.4 is 0 Å². The molecule has 0 atom stereocenters. The first kappa shape index (κ1) is 27.6. The van der Waals surface area contributed by atoms with Crippen LogP contribution in [0.25, 0.3) is 103 Å². The monoisotopic (exact) mass is 653 g/mol. The summed E-state index contributed by atoms with van der Waals surface area (Å²) in [6.07, 6.45) is 0. The Kier molecular flexibility index (Phi) is 5.83. The summed E-state index contributed by atoms with van der Waals surface area (Å²) in [7, 11) is 0. The summed E-state index contributed by atoms with van der Waals surface area (Å²) in [4.78, 5) is 10.5. The molecular weight excluding hydrogens is 627 g/mol. The molecule has 0 bridgehead atoms. The Balaban J connectivity index is 1.20. The molecule has 8 aromatic carbocycles. The second kappa shape index (κ2) is 10.6. The van der Waals surface area contributed by atoms with Crippen molar-refractivity contribution in [3.8, 4) is 28.3 Å². The van der Waals surface area contributed by atoms with Gasteiger partial charge in [0.05, 0.1) is 26.9 Å². The Morgan fingerprint density at radius 1 is 0.420 bits per heavy atom. The van der Waals surface area contributed by atoms with Crippen molar-refractivity contribution in [2.75, 3.05) is 0 Å². The van der Waals surface area contributed by atoms with Crippen molar-refractivity contribution in [3.63, 3.8) is 0 Å². The quantitative estimate of drug-likeness (QED) is 0.178. The SMILES string of the molecule is c1ccc(-c2nc(-c3cccc(-n4c5ccccc5c5c6c7ccccc7c7ccccc7c6ccc54)c3)nc3c2sc2ccccc23)cc1. The molecule has 0 saturated heterocycles. The second-order valence-electron chi connectivity index (χ2n) is 12.9. The van der Waals surface area contributed by atoms with Crippen molar-refractivity contribution in [3.05, 3.63) is 164 Å². The Labute approximate surface area is 291 Å². The Morgan fingerprint density at radius 3 is 1.84 bits per heavy atom. The summed E-state index contributed by atoms with van der Waals surface area (Å²) in [6.45, 7) is 0. The third-order valence-electron chi connectivity index (χ3n) is 10.2. The maximum absolute atomic E-state index is 5.28. The van der Waals surface area contributed by atoms with Crippen molar-refractivity contribution in [2.45, 2.75) is 0 Å². The van der Waals surface area contributed by atoms with Gasteiger partial charge >= 0.3 is 0 Å². The highest BCUT2D eigenvalue weighted by atomic mass is 32.1. The van der Waals surface area contributed by atoms with Gasteiger partial charge in [-0.2, -0.15) is 0 Å². The van der Waals surface area contributed by atoms with E-state index in [0.29, 0.717) is 0 Å². The van der Waals surface area contributed by atoms with Crippen LogP contribution in [0.15, 0.2) is 164 Å². The van der Waals surface area contributed by atoms with E-state index < -0.39 is 0 Å². The van der Waals surface area contributed by atoms with Gasteiger partial charge < -0.3 is 4.57 Å². The zero-order valence-corrected chi connectivity index (χ0v) is 27.7. The van der Waals surface area contributed by atoms with Gasteiger partial charge in [-0.25, -0.2) is 9.97 Å². The molecule has 50 heavy (non-hydrogen) atoms. The molecule has 0 amide bonds. The molecule has 0 aliphatic heterocycles. The predicted octanol–water partition coefficient (Wildman–Crippen LogP) is 12.7. The Morgan fingerprint density at radius 2 is 1.04 bits per heavy atom. The maximum Gasteiger partial charge on any atom is 0.160 e. The van der Waals surface area contributed by atoms with Crippen molar-refractivity contribution >= 4 is 85.8 Å². The lowest BCUT2D eigenvalue weighted by Crippen LogP contribution is -1.97.